The number of anilines is 1. The second-order valence-corrected chi connectivity index (χ2v) is 6.97. The smallest absolute Gasteiger partial charge is 0.316 e. The van der Waals surface area contributed by atoms with Crippen molar-refractivity contribution >= 4 is 40.7 Å². The first-order valence-electron chi connectivity index (χ1n) is 8.21. The molecule has 0 bridgehead atoms. The van der Waals surface area contributed by atoms with Gasteiger partial charge in [-0.3, -0.25) is 14.5 Å². The summed E-state index contributed by atoms with van der Waals surface area (Å²) in [6, 6.07) is 7.61. The van der Waals surface area contributed by atoms with Crippen LogP contribution in [0.15, 0.2) is 30.3 Å². The summed E-state index contributed by atoms with van der Waals surface area (Å²) >= 11 is 12.1. The van der Waals surface area contributed by atoms with Crippen molar-refractivity contribution in [1.82, 2.24) is 4.90 Å². The number of methoxy groups -OCH3 is 1. The van der Waals surface area contributed by atoms with E-state index in [1.807, 2.05) is 0 Å². The fraction of sp³-hybridized carbons (Fsp3) is 0.263. The average molecular weight is 411 g/mol. The maximum absolute atomic E-state index is 14.0. The predicted octanol–water partition coefficient (Wildman–Crippen LogP) is 3.82. The summed E-state index contributed by atoms with van der Waals surface area (Å²) in [6.45, 7) is 2.21. The van der Waals surface area contributed by atoms with Crippen LogP contribution in [0, 0.1) is 12.7 Å². The summed E-state index contributed by atoms with van der Waals surface area (Å²) in [7, 11) is 1.47. The average Bonchev–Trinajstić information content (AvgIpc) is 2.64. The molecule has 5 nitrogen and oxygen atoms in total. The van der Waals surface area contributed by atoms with Crippen molar-refractivity contribution < 1.29 is 18.7 Å². The lowest BCUT2D eigenvalue weighted by atomic mass is 10.1. The van der Waals surface area contributed by atoms with E-state index in [0.29, 0.717) is 16.5 Å². The van der Waals surface area contributed by atoms with E-state index >= 15 is 0 Å². The molecular weight excluding hydrogens is 394 g/mol. The summed E-state index contributed by atoms with van der Waals surface area (Å²) in [4.78, 5) is 27.9. The van der Waals surface area contributed by atoms with Crippen LogP contribution in [0.1, 0.15) is 11.1 Å². The molecule has 1 saturated heterocycles. The molecule has 1 aliphatic heterocycles. The molecule has 2 aromatic rings. The molecule has 1 fully saturated rings. The minimum absolute atomic E-state index is 0.0687. The fourth-order valence-corrected chi connectivity index (χ4v) is 3.33. The minimum Gasteiger partial charge on any atom is -0.495 e. The van der Waals surface area contributed by atoms with Crippen molar-refractivity contribution in [3.63, 3.8) is 0 Å². The quantitative estimate of drug-likeness (QED) is 0.719. The molecule has 2 amide bonds. The molecule has 0 saturated carbocycles. The Labute approximate surface area is 166 Å². The number of hydrogen-bond donors (Lipinski definition) is 0. The molecule has 1 aliphatic rings. The number of piperazine rings is 1. The van der Waals surface area contributed by atoms with Crippen molar-refractivity contribution in [3.8, 4) is 5.75 Å². The first-order chi connectivity index (χ1) is 12.8. The number of ether oxygens (including phenoxy) is 1. The van der Waals surface area contributed by atoms with Gasteiger partial charge in [0.1, 0.15) is 11.6 Å². The van der Waals surface area contributed by atoms with Crippen molar-refractivity contribution in [2.45, 2.75) is 13.5 Å². The van der Waals surface area contributed by atoms with Gasteiger partial charge in [-0.2, -0.15) is 0 Å². The van der Waals surface area contributed by atoms with Gasteiger partial charge in [0.15, 0.2) is 0 Å². The summed E-state index contributed by atoms with van der Waals surface area (Å²) < 4.78 is 19.3. The number of carbonyl (C=O) groups excluding carboxylic acids is 2. The van der Waals surface area contributed by atoms with Crippen molar-refractivity contribution in [1.29, 1.82) is 0 Å². The maximum Gasteiger partial charge on any atom is 0.316 e. The maximum atomic E-state index is 14.0. The predicted molar refractivity (Wildman–Crippen MR) is 102 cm³/mol. The molecule has 0 atom stereocenters. The first-order valence-corrected chi connectivity index (χ1v) is 8.97. The second-order valence-electron chi connectivity index (χ2n) is 6.16. The number of amides is 2. The molecule has 2 aromatic carbocycles. The lowest BCUT2D eigenvalue weighted by molar-refractivity contribution is -0.146. The molecule has 8 heteroatoms. The number of nitrogens with zero attached hydrogens (tertiary/aromatic N) is 2. The molecule has 0 N–H and O–H groups in total. The summed E-state index contributed by atoms with van der Waals surface area (Å²) in [6.07, 6.45) is 0. The van der Waals surface area contributed by atoms with Crippen LogP contribution < -0.4 is 9.64 Å². The molecule has 3 rings (SSSR count). The van der Waals surface area contributed by atoms with Crippen LogP contribution in [0.2, 0.25) is 10.0 Å². The van der Waals surface area contributed by atoms with Gasteiger partial charge in [-0.1, -0.05) is 29.3 Å². The Bertz CT molecular complexity index is 900. The fourth-order valence-electron chi connectivity index (χ4n) is 2.95. The van der Waals surface area contributed by atoms with Gasteiger partial charge in [-0.05, 0) is 30.7 Å². The monoisotopic (exact) mass is 410 g/mol. The Kier molecular flexibility index (Phi) is 5.58. The van der Waals surface area contributed by atoms with E-state index in [1.165, 1.54) is 29.0 Å². The number of rotatable bonds is 4. The molecule has 0 unspecified atom stereocenters. The zero-order chi connectivity index (χ0) is 19.7. The van der Waals surface area contributed by atoms with E-state index in [4.69, 9.17) is 27.9 Å². The largest absolute Gasteiger partial charge is 0.495 e. The Balaban J connectivity index is 1.85. The lowest BCUT2D eigenvalue weighted by Gasteiger charge is -2.34. The van der Waals surface area contributed by atoms with E-state index in [-0.39, 0.29) is 30.2 Å². The van der Waals surface area contributed by atoms with E-state index in [2.05, 4.69) is 0 Å². The van der Waals surface area contributed by atoms with E-state index in [1.54, 1.807) is 25.1 Å². The summed E-state index contributed by atoms with van der Waals surface area (Å²) in [5.41, 5.74) is 1.42. The number of benzene rings is 2. The number of carbonyl (C=O) groups is 2. The van der Waals surface area contributed by atoms with E-state index in [9.17, 15) is 14.0 Å². The van der Waals surface area contributed by atoms with Crippen LogP contribution in [-0.4, -0.2) is 36.9 Å². The number of aryl methyl sites for hydroxylation is 1. The topological polar surface area (TPSA) is 49.9 Å². The van der Waals surface area contributed by atoms with Crippen molar-refractivity contribution in [2.24, 2.45) is 0 Å². The van der Waals surface area contributed by atoms with Crippen LogP contribution in [-0.2, 0) is 16.1 Å². The van der Waals surface area contributed by atoms with Crippen LogP contribution in [0.4, 0.5) is 10.1 Å². The lowest BCUT2D eigenvalue weighted by Crippen LogP contribution is -2.54. The normalized spacial score (nSPS) is 14.7. The van der Waals surface area contributed by atoms with Crippen molar-refractivity contribution in [2.75, 3.05) is 25.1 Å². The van der Waals surface area contributed by atoms with Gasteiger partial charge in [-0.15, -0.1) is 0 Å². The van der Waals surface area contributed by atoms with Gasteiger partial charge in [0.05, 0.1) is 19.3 Å². The van der Waals surface area contributed by atoms with Crippen LogP contribution in [0.25, 0.3) is 0 Å². The number of hydrogen-bond acceptors (Lipinski definition) is 3. The minimum atomic E-state index is -0.727. The van der Waals surface area contributed by atoms with E-state index < -0.39 is 17.6 Å². The molecule has 0 radical (unpaired) electrons. The highest BCUT2D eigenvalue weighted by Crippen LogP contribution is 2.35. The third kappa shape index (κ3) is 3.73. The molecular formula is C19H17Cl2FN2O3. The molecule has 0 spiro atoms. The molecule has 0 aliphatic carbocycles. The third-order valence-corrected chi connectivity index (χ3v) is 5.23. The highest BCUT2D eigenvalue weighted by molar-refractivity contribution is 6.41. The molecule has 0 aromatic heterocycles. The highest BCUT2D eigenvalue weighted by Gasteiger charge is 2.35. The summed E-state index contributed by atoms with van der Waals surface area (Å²) in [5.74, 6) is -1.55. The first kappa shape index (κ1) is 19.5. The molecule has 27 heavy (non-hydrogen) atoms. The Morgan fingerprint density at radius 2 is 1.85 bits per heavy atom. The van der Waals surface area contributed by atoms with E-state index in [0.717, 1.165) is 5.56 Å². The van der Waals surface area contributed by atoms with Gasteiger partial charge in [0.2, 0.25) is 0 Å². The Morgan fingerprint density at radius 1 is 1.11 bits per heavy atom. The van der Waals surface area contributed by atoms with Gasteiger partial charge >= 0.3 is 11.8 Å². The molecule has 142 valence electrons. The molecule has 1 heterocycles. The van der Waals surface area contributed by atoms with Gasteiger partial charge in [0.25, 0.3) is 0 Å². The Hall–Kier alpha value is -2.31. The van der Waals surface area contributed by atoms with Gasteiger partial charge < -0.3 is 9.64 Å². The SMILES string of the molecule is COc1cc(Cl)c(C)cc1N1CCN(Cc2c(F)cccc2Cl)C(=O)C1=O. The third-order valence-electron chi connectivity index (χ3n) is 4.47. The zero-order valence-corrected chi connectivity index (χ0v) is 16.3. The van der Waals surface area contributed by atoms with Crippen LogP contribution in [0.3, 0.4) is 0 Å². The van der Waals surface area contributed by atoms with Crippen LogP contribution in [0.5, 0.6) is 5.75 Å². The highest BCUT2D eigenvalue weighted by atomic mass is 35.5. The van der Waals surface area contributed by atoms with Gasteiger partial charge in [0, 0.05) is 34.8 Å². The summed E-state index contributed by atoms with van der Waals surface area (Å²) in [5, 5.41) is 0.717. The second kappa shape index (κ2) is 7.74. The zero-order valence-electron chi connectivity index (χ0n) is 14.8. The van der Waals surface area contributed by atoms with Crippen molar-refractivity contribution in [3.05, 3.63) is 57.3 Å². The Morgan fingerprint density at radius 3 is 2.52 bits per heavy atom. The van der Waals surface area contributed by atoms with Gasteiger partial charge in [-0.25, -0.2) is 4.39 Å². The van der Waals surface area contributed by atoms with Crippen LogP contribution >= 0.6 is 23.2 Å². The standard InChI is InChI=1S/C19H17Cl2FN2O3/c1-11-8-16(17(27-2)9-14(11)21)24-7-6-23(18(25)19(24)26)10-12-13(20)4-3-5-15(12)22/h3-5,8-9H,6-7,10H2,1-2H3. The number of halogens is 3.